The fraction of sp³-hybridized carbons (Fsp3) is 0. The van der Waals surface area contributed by atoms with Crippen LogP contribution in [0.3, 0.4) is 0 Å². The Bertz CT molecular complexity index is 923. The fourth-order valence-electron chi connectivity index (χ4n) is 2.14. The van der Waals surface area contributed by atoms with Crippen molar-refractivity contribution < 1.29 is 9.72 Å². The maximum atomic E-state index is 12.1. The maximum absolute atomic E-state index is 12.1. The van der Waals surface area contributed by atoms with Crippen molar-refractivity contribution in [2.45, 2.75) is 0 Å². The zero-order chi connectivity index (χ0) is 17.3. The molecule has 0 saturated heterocycles. The van der Waals surface area contributed by atoms with E-state index >= 15 is 0 Å². The van der Waals surface area contributed by atoms with Gasteiger partial charge in [0, 0.05) is 27.7 Å². The van der Waals surface area contributed by atoms with Crippen molar-refractivity contribution in [2.24, 2.45) is 4.99 Å². The van der Waals surface area contributed by atoms with Gasteiger partial charge < -0.3 is 5.32 Å². The molecular weight excluding hydrogens is 353 g/mol. The van der Waals surface area contributed by atoms with Gasteiger partial charge in [-0.15, -0.1) is 0 Å². The average molecular weight is 362 g/mol. The van der Waals surface area contributed by atoms with Gasteiger partial charge in [-0.25, -0.2) is 4.99 Å². The Kier molecular flexibility index (Phi) is 4.33. The molecule has 1 heterocycles. The van der Waals surface area contributed by atoms with E-state index in [1.807, 2.05) is 0 Å². The molecule has 24 heavy (non-hydrogen) atoms. The van der Waals surface area contributed by atoms with Crippen LogP contribution in [-0.4, -0.2) is 16.7 Å². The minimum atomic E-state index is -0.509. The second-order valence-corrected chi connectivity index (χ2v) is 5.76. The monoisotopic (exact) mass is 361 g/mol. The second kappa shape index (κ2) is 6.43. The van der Waals surface area contributed by atoms with Crippen molar-refractivity contribution in [1.82, 2.24) is 5.32 Å². The Morgan fingerprint density at radius 3 is 2.67 bits per heavy atom. The van der Waals surface area contributed by atoms with E-state index in [4.69, 9.17) is 23.2 Å². The molecule has 0 saturated carbocycles. The van der Waals surface area contributed by atoms with Crippen LogP contribution >= 0.6 is 23.2 Å². The lowest BCUT2D eigenvalue weighted by molar-refractivity contribution is -0.384. The van der Waals surface area contributed by atoms with Crippen LogP contribution in [0.4, 0.5) is 5.69 Å². The van der Waals surface area contributed by atoms with Gasteiger partial charge in [-0.1, -0.05) is 41.4 Å². The normalized spacial score (nSPS) is 15.3. The molecule has 0 atom stereocenters. The van der Waals surface area contributed by atoms with Gasteiger partial charge in [0.1, 0.15) is 11.5 Å². The first-order valence-electron chi connectivity index (χ1n) is 6.75. The number of hydrogen-bond acceptors (Lipinski definition) is 4. The van der Waals surface area contributed by atoms with Gasteiger partial charge in [0.05, 0.1) is 4.92 Å². The summed E-state index contributed by atoms with van der Waals surface area (Å²) in [5.41, 5.74) is 1.11. The Hall–Kier alpha value is -2.70. The van der Waals surface area contributed by atoms with Crippen molar-refractivity contribution >= 4 is 46.7 Å². The Balaban J connectivity index is 1.97. The molecule has 0 fully saturated rings. The van der Waals surface area contributed by atoms with Gasteiger partial charge >= 0.3 is 0 Å². The number of rotatable bonds is 3. The van der Waals surface area contributed by atoms with Crippen LogP contribution in [0.5, 0.6) is 0 Å². The molecule has 1 aliphatic rings. The van der Waals surface area contributed by atoms with Gasteiger partial charge in [0.15, 0.2) is 0 Å². The summed E-state index contributed by atoms with van der Waals surface area (Å²) in [6, 6.07) is 10.8. The second-order valence-electron chi connectivity index (χ2n) is 4.92. The molecule has 1 N–H and O–H groups in total. The number of nitrogens with zero attached hydrogens (tertiary/aromatic N) is 2. The molecule has 0 radical (unpaired) electrons. The molecule has 2 aromatic rings. The van der Waals surface area contributed by atoms with Gasteiger partial charge in [-0.2, -0.15) is 0 Å². The third-order valence-electron chi connectivity index (χ3n) is 3.28. The summed E-state index contributed by atoms with van der Waals surface area (Å²) in [5.74, 6) is -0.164. The molecule has 0 unspecified atom stereocenters. The summed E-state index contributed by atoms with van der Waals surface area (Å²) in [6.07, 6.45) is 1.53. The number of nitro groups is 1. The van der Waals surface area contributed by atoms with E-state index in [1.165, 1.54) is 24.3 Å². The van der Waals surface area contributed by atoms with E-state index in [9.17, 15) is 14.9 Å². The Morgan fingerprint density at radius 2 is 1.96 bits per heavy atom. The summed E-state index contributed by atoms with van der Waals surface area (Å²) in [4.78, 5) is 26.6. The molecule has 1 amide bonds. The summed E-state index contributed by atoms with van der Waals surface area (Å²) in [5, 5.41) is 14.3. The number of halogens is 2. The highest BCUT2D eigenvalue weighted by Crippen LogP contribution is 2.25. The lowest BCUT2D eigenvalue weighted by atomic mass is 10.2. The molecule has 0 aliphatic carbocycles. The van der Waals surface area contributed by atoms with Crippen LogP contribution in [0.15, 0.2) is 53.2 Å². The van der Waals surface area contributed by atoms with Crippen molar-refractivity contribution in [2.75, 3.05) is 0 Å². The highest BCUT2D eigenvalue weighted by molar-refractivity contribution is 6.35. The zero-order valence-corrected chi connectivity index (χ0v) is 13.5. The number of nitrogens with one attached hydrogen (secondary N) is 1. The van der Waals surface area contributed by atoms with Crippen molar-refractivity contribution in [3.05, 3.63) is 79.4 Å². The highest BCUT2D eigenvalue weighted by Gasteiger charge is 2.22. The van der Waals surface area contributed by atoms with Crippen LogP contribution in [0, 0.1) is 10.1 Å². The van der Waals surface area contributed by atoms with E-state index in [-0.39, 0.29) is 17.2 Å². The van der Waals surface area contributed by atoms with Gasteiger partial charge in [-0.3, -0.25) is 14.9 Å². The van der Waals surface area contributed by atoms with Gasteiger partial charge in [0.2, 0.25) is 0 Å². The SMILES string of the molecule is O=C1NC(c2cccc([N+](=O)[O-])c2)=N/C1=C\c1ccc(Cl)cc1Cl. The number of carbonyl (C=O) groups excluding carboxylic acids is 1. The topological polar surface area (TPSA) is 84.6 Å². The van der Waals surface area contributed by atoms with Gasteiger partial charge in [-0.05, 0) is 23.8 Å². The zero-order valence-electron chi connectivity index (χ0n) is 12.0. The predicted octanol–water partition coefficient (Wildman–Crippen LogP) is 3.82. The maximum Gasteiger partial charge on any atom is 0.275 e. The lowest BCUT2D eigenvalue weighted by Crippen LogP contribution is -2.24. The van der Waals surface area contributed by atoms with Crippen LogP contribution in [0.1, 0.15) is 11.1 Å². The van der Waals surface area contributed by atoms with Crippen LogP contribution in [-0.2, 0) is 4.79 Å². The molecule has 0 bridgehead atoms. The lowest BCUT2D eigenvalue weighted by Gasteiger charge is -1.99. The third-order valence-corrected chi connectivity index (χ3v) is 3.84. The first kappa shape index (κ1) is 16.2. The standard InChI is InChI=1S/C16H9Cl2N3O3/c17-11-5-4-9(13(18)8-11)7-14-16(22)20-15(19-14)10-2-1-3-12(6-10)21(23)24/h1-8H,(H,19,20,22)/b14-7-. The van der Waals surface area contributed by atoms with E-state index in [0.717, 1.165) is 0 Å². The fourth-order valence-corrected chi connectivity index (χ4v) is 2.60. The van der Waals surface area contributed by atoms with E-state index in [2.05, 4.69) is 10.3 Å². The predicted molar refractivity (Wildman–Crippen MR) is 92.2 cm³/mol. The minimum Gasteiger partial charge on any atom is -0.305 e. The first-order valence-corrected chi connectivity index (χ1v) is 7.51. The summed E-state index contributed by atoms with van der Waals surface area (Å²) < 4.78 is 0. The third kappa shape index (κ3) is 3.29. The number of benzene rings is 2. The number of carbonyl (C=O) groups is 1. The van der Waals surface area contributed by atoms with Gasteiger partial charge in [0.25, 0.3) is 11.6 Å². The van der Waals surface area contributed by atoms with E-state index in [0.29, 0.717) is 21.2 Å². The van der Waals surface area contributed by atoms with E-state index in [1.54, 1.807) is 24.3 Å². The summed E-state index contributed by atoms with van der Waals surface area (Å²) in [6.45, 7) is 0. The largest absolute Gasteiger partial charge is 0.305 e. The summed E-state index contributed by atoms with van der Waals surface area (Å²) >= 11 is 11.9. The highest BCUT2D eigenvalue weighted by atomic mass is 35.5. The quantitative estimate of drug-likeness (QED) is 0.512. The Labute approximate surface area is 146 Å². The smallest absolute Gasteiger partial charge is 0.275 e. The van der Waals surface area contributed by atoms with Crippen LogP contribution in [0.2, 0.25) is 10.0 Å². The van der Waals surface area contributed by atoms with Crippen molar-refractivity contribution in [3.8, 4) is 0 Å². The van der Waals surface area contributed by atoms with Crippen molar-refractivity contribution in [1.29, 1.82) is 0 Å². The molecule has 8 heteroatoms. The molecular formula is C16H9Cl2N3O3. The average Bonchev–Trinajstić information content (AvgIpc) is 2.91. The summed E-state index contributed by atoms with van der Waals surface area (Å²) in [7, 11) is 0. The molecule has 120 valence electrons. The number of aliphatic imine (C=N–C) groups is 1. The molecule has 0 aromatic heterocycles. The number of amidine groups is 1. The molecule has 6 nitrogen and oxygen atoms in total. The Morgan fingerprint density at radius 1 is 1.17 bits per heavy atom. The minimum absolute atomic E-state index is 0.0809. The molecule has 2 aromatic carbocycles. The van der Waals surface area contributed by atoms with Crippen LogP contribution in [0.25, 0.3) is 6.08 Å². The number of hydrogen-bond donors (Lipinski definition) is 1. The van der Waals surface area contributed by atoms with Crippen molar-refractivity contribution in [3.63, 3.8) is 0 Å². The number of nitro benzene ring substituents is 1. The first-order chi connectivity index (χ1) is 11.4. The molecule has 3 rings (SSSR count). The van der Waals surface area contributed by atoms with E-state index < -0.39 is 10.8 Å². The number of amides is 1. The molecule has 0 spiro atoms. The number of non-ortho nitro benzene ring substituents is 1. The molecule has 1 aliphatic heterocycles. The van der Waals surface area contributed by atoms with Crippen LogP contribution < -0.4 is 5.32 Å².